The van der Waals surface area contributed by atoms with Gasteiger partial charge in [0, 0.05) is 31.7 Å². The van der Waals surface area contributed by atoms with Gasteiger partial charge in [-0.15, -0.1) is 12.4 Å². The summed E-state index contributed by atoms with van der Waals surface area (Å²) in [5.74, 6) is 0.780. The molecule has 34 heavy (non-hydrogen) atoms. The minimum Gasteiger partial charge on any atom is -0.494 e. The lowest BCUT2D eigenvalue weighted by molar-refractivity contribution is 0.0376. The standard InChI is InChI=1S/C26H33N3O3S.ClH/c1-3-4-16-32-22-9-7-21(8-10-22)25(30)29(13-5-12-28-14-17-31-18-15-28)26-27-23-11-6-20(2)19-24(23)33-26;/h6-11,19H,3-5,12-18H2,1-2H3;1H. The number of aromatic nitrogens is 1. The summed E-state index contributed by atoms with van der Waals surface area (Å²) in [5, 5.41) is 0.755. The summed E-state index contributed by atoms with van der Waals surface area (Å²) in [7, 11) is 0. The number of hydrogen-bond acceptors (Lipinski definition) is 6. The molecule has 6 nitrogen and oxygen atoms in total. The topological polar surface area (TPSA) is 54.9 Å². The number of fused-ring (bicyclic) bond motifs is 1. The van der Waals surface area contributed by atoms with Crippen LogP contribution in [0.2, 0.25) is 0 Å². The van der Waals surface area contributed by atoms with Crippen LogP contribution in [-0.2, 0) is 4.74 Å². The first-order valence-corrected chi connectivity index (χ1v) is 12.7. The molecule has 0 N–H and O–H groups in total. The number of ether oxygens (including phenoxy) is 2. The molecule has 0 saturated carbocycles. The fourth-order valence-corrected chi connectivity index (χ4v) is 4.97. The molecule has 2 heterocycles. The number of morpholine rings is 1. The van der Waals surface area contributed by atoms with Crippen LogP contribution in [0.3, 0.4) is 0 Å². The minimum atomic E-state index is -0.0205. The van der Waals surface area contributed by atoms with E-state index in [-0.39, 0.29) is 18.3 Å². The Morgan fingerprint density at radius 3 is 2.65 bits per heavy atom. The van der Waals surface area contributed by atoms with Crippen molar-refractivity contribution in [2.45, 2.75) is 33.1 Å². The number of carbonyl (C=O) groups excluding carboxylic acids is 1. The zero-order valence-corrected chi connectivity index (χ0v) is 21.6. The number of nitrogens with zero attached hydrogens (tertiary/aromatic N) is 3. The normalized spacial score (nSPS) is 14.1. The van der Waals surface area contributed by atoms with Crippen LogP contribution in [0.5, 0.6) is 5.75 Å². The highest BCUT2D eigenvalue weighted by Crippen LogP contribution is 2.31. The van der Waals surface area contributed by atoms with Crippen LogP contribution in [0.4, 0.5) is 5.13 Å². The van der Waals surface area contributed by atoms with Gasteiger partial charge in [-0.25, -0.2) is 4.98 Å². The predicted molar refractivity (Wildman–Crippen MR) is 142 cm³/mol. The van der Waals surface area contributed by atoms with Gasteiger partial charge in [-0.05, 0) is 61.7 Å². The van der Waals surface area contributed by atoms with Crippen molar-refractivity contribution >= 4 is 45.0 Å². The monoisotopic (exact) mass is 503 g/mol. The van der Waals surface area contributed by atoms with Crippen molar-refractivity contribution in [3.05, 3.63) is 53.6 Å². The Morgan fingerprint density at radius 2 is 1.91 bits per heavy atom. The van der Waals surface area contributed by atoms with Crippen LogP contribution in [0.1, 0.15) is 42.1 Å². The van der Waals surface area contributed by atoms with Gasteiger partial charge in [-0.3, -0.25) is 14.6 Å². The van der Waals surface area contributed by atoms with E-state index in [2.05, 4.69) is 30.9 Å². The zero-order chi connectivity index (χ0) is 23.0. The summed E-state index contributed by atoms with van der Waals surface area (Å²) in [5.41, 5.74) is 2.78. The highest BCUT2D eigenvalue weighted by Gasteiger charge is 2.22. The van der Waals surface area contributed by atoms with Crippen molar-refractivity contribution < 1.29 is 14.3 Å². The first-order chi connectivity index (χ1) is 16.1. The highest BCUT2D eigenvalue weighted by molar-refractivity contribution is 7.22. The van der Waals surface area contributed by atoms with E-state index < -0.39 is 0 Å². The van der Waals surface area contributed by atoms with E-state index in [0.717, 1.165) is 73.2 Å². The van der Waals surface area contributed by atoms with Crippen LogP contribution < -0.4 is 9.64 Å². The second-order valence-corrected chi connectivity index (χ2v) is 9.47. The summed E-state index contributed by atoms with van der Waals surface area (Å²) in [6, 6.07) is 13.7. The molecule has 184 valence electrons. The summed E-state index contributed by atoms with van der Waals surface area (Å²) in [6.07, 6.45) is 3.01. The molecule has 0 bridgehead atoms. The Labute approximate surface area is 212 Å². The van der Waals surface area contributed by atoms with Gasteiger partial charge in [0.25, 0.3) is 5.91 Å². The Kier molecular flexibility index (Phi) is 10.1. The maximum Gasteiger partial charge on any atom is 0.260 e. The number of amides is 1. The number of thiazole rings is 1. The molecule has 0 radical (unpaired) electrons. The predicted octanol–water partition coefficient (Wildman–Crippen LogP) is 5.57. The number of aryl methyl sites for hydroxylation is 1. The average molecular weight is 504 g/mol. The number of benzene rings is 2. The Bertz CT molecular complexity index is 1050. The minimum absolute atomic E-state index is 0. The van der Waals surface area contributed by atoms with Crippen LogP contribution in [0.15, 0.2) is 42.5 Å². The van der Waals surface area contributed by atoms with Gasteiger partial charge in [0.2, 0.25) is 0 Å². The zero-order valence-electron chi connectivity index (χ0n) is 20.0. The molecule has 0 spiro atoms. The second-order valence-electron chi connectivity index (χ2n) is 8.46. The average Bonchev–Trinajstić information content (AvgIpc) is 3.25. The lowest BCUT2D eigenvalue weighted by atomic mass is 10.2. The van der Waals surface area contributed by atoms with Gasteiger partial charge in [0.1, 0.15) is 5.75 Å². The first-order valence-electron chi connectivity index (χ1n) is 11.9. The first kappa shape index (κ1) is 26.4. The smallest absolute Gasteiger partial charge is 0.260 e. The van der Waals surface area contributed by atoms with Crippen molar-refractivity contribution in [3.8, 4) is 5.75 Å². The van der Waals surface area contributed by atoms with Gasteiger partial charge < -0.3 is 9.47 Å². The third kappa shape index (κ3) is 6.92. The van der Waals surface area contributed by atoms with Crippen LogP contribution in [0.25, 0.3) is 10.2 Å². The van der Waals surface area contributed by atoms with E-state index in [1.165, 1.54) is 5.56 Å². The van der Waals surface area contributed by atoms with Gasteiger partial charge in [-0.1, -0.05) is 30.7 Å². The molecule has 1 fully saturated rings. The Morgan fingerprint density at radius 1 is 1.15 bits per heavy atom. The van der Waals surface area contributed by atoms with Gasteiger partial charge >= 0.3 is 0 Å². The quantitative estimate of drug-likeness (QED) is 0.338. The summed E-state index contributed by atoms with van der Waals surface area (Å²) in [4.78, 5) is 22.6. The fourth-order valence-electron chi connectivity index (χ4n) is 3.88. The van der Waals surface area contributed by atoms with E-state index in [1.807, 2.05) is 35.2 Å². The van der Waals surface area contributed by atoms with E-state index in [9.17, 15) is 4.79 Å². The van der Waals surface area contributed by atoms with E-state index >= 15 is 0 Å². The van der Waals surface area contributed by atoms with E-state index in [1.54, 1.807) is 11.3 Å². The molecule has 1 saturated heterocycles. The molecule has 0 unspecified atom stereocenters. The largest absolute Gasteiger partial charge is 0.494 e. The second kappa shape index (κ2) is 13.0. The molecule has 1 aliphatic heterocycles. The van der Waals surface area contributed by atoms with Crippen LogP contribution >= 0.6 is 23.7 Å². The molecule has 2 aromatic carbocycles. The molecule has 4 rings (SSSR count). The summed E-state index contributed by atoms with van der Waals surface area (Å²) < 4.78 is 12.3. The number of rotatable bonds is 10. The van der Waals surface area contributed by atoms with Gasteiger partial charge in [0.05, 0.1) is 30.0 Å². The third-order valence-electron chi connectivity index (χ3n) is 5.84. The van der Waals surface area contributed by atoms with E-state index in [4.69, 9.17) is 14.5 Å². The van der Waals surface area contributed by atoms with Crippen molar-refractivity contribution in [2.24, 2.45) is 0 Å². The van der Waals surface area contributed by atoms with Gasteiger partial charge in [-0.2, -0.15) is 0 Å². The number of unbranched alkanes of at least 4 members (excludes halogenated alkanes) is 1. The molecule has 1 aromatic heterocycles. The molecule has 1 amide bonds. The number of halogens is 1. The highest BCUT2D eigenvalue weighted by atomic mass is 35.5. The Hall–Kier alpha value is -2.19. The molecule has 1 aliphatic rings. The SMILES string of the molecule is CCCCOc1ccc(C(=O)N(CCCN2CCOCC2)c2nc3ccc(C)cc3s2)cc1.Cl. The lowest BCUT2D eigenvalue weighted by Crippen LogP contribution is -2.39. The van der Waals surface area contributed by atoms with Crippen LogP contribution in [0, 0.1) is 6.92 Å². The molecule has 8 heteroatoms. The van der Waals surface area contributed by atoms with Crippen molar-refractivity contribution in [1.29, 1.82) is 0 Å². The summed E-state index contributed by atoms with van der Waals surface area (Å²) >= 11 is 1.58. The van der Waals surface area contributed by atoms with Crippen molar-refractivity contribution in [3.63, 3.8) is 0 Å². The van der Waals surface area contributed by atoms with Crippen molar-refractivity contribution in [1.82, 2.24) is 9.88 Å². The van der Waals surface area contributed by atoms with Gasteiger partial charge in [0.15, 0.2) is 5.13 Å². The fraction of sp³-hybridized carbons (Fsp3) is 0.462. The molecule has 3 aromatic rings. The lowest BCUT2D eigenvalue weighted by Gasteiger charge is -2.27. The summed E-state index contributed by atoms with van der Waals surface area (Å²) in [6.45, 7) is 9.96. The molecule has 0 atom stereocenters. The molecular weight excluding hydrogens is 470 g/mol. The molecular formula is C26H34ClN3O3S. The third-order valence-corrected chi connectivity index (χ3v) is 6.88. The number of hydrogen-bond donors (Lipinski definition) is 0. The Balaban J connectivity index is 0.00000324. The number of anilines is 1. The van der Waals surface area contributed by atoms with E-state index in [0.29, 0.717) is 18.7 Å². The maximum atomic E-state index is 13.6. The van der Waals surface area contributed by atoms with Crippen LogP contribution in [-0.4, -0.2) is 61.8 Å². The maximum absolute atomic E-state index is 13.6. The van der Waals surface area contributed by atoms with Crippen molar-refractivity contribution in [2.75, 3.05) is 50.9 Å². The molecule has 0 aliphatic carbocycles. The number of carbonyl (C=O) groups is 1.